The lowest BCUT2D eigenvalue weighted by molar-refractivity contribution is 0.0732. The minimum Gasteiger partial charge on any atom is -0.333 e. The molecule has 32 heavy (non-hydrogen) atoms. The van der Waals surface area contributed by atoms with E-state index >= 15 is 0 Å². The van der Waals surface area contributed by atoms with Crippen LogP contribution in [0.1, 0.15) is 21.5 Å². The van der Waals surface area contributed by atoms with Crippen LogP contribution in [-0.4, -0.2) is 51.3 Å². The number of amides is 1. The van der Waals surface area contributed by atoms with Crippen molar-refractivity contribution < 1.29 is 17.6 Å². The maximum absolute atomic E-state index is 13.3. The van der Waals surface area contributed by atoms with Crippen molar-refractivity contribution >= 4 is 15.7 Å². The van der Waals surface area contributed by atoms with Crippen LogP contribution in [0.2, 0.25) is 0 Å². The molecular formula is C25H27FN2O3S. The number of nitrogens with zero attached hydrogens (tertiary/aromatic N) is 2. The highest BCUT2D eigenvalue weighted by atomic mass is 32.2. The zero-order chi connectivity index (χ0) is 23.1. The molecule has 0 saturated heterocycles. The zero-order valence-electron chi connectivity index (χ0n) is 18.2. The minimum absolute atomic E-state index is 0.187. The first-order chi connectivity index (χ1) is 15.2. The number of rotatable bonds is 9. The Bertz CT molecular complexity index is 1150. The Kier molecular flexibility index (Phi) is 7.77. The smallest absolute Gasteiger partial charge is 0.254 e. The van der Waals surface area contributed by atoms with Crippen molar-refractivity contribution in [3.05, 3.63) is 101 Å². The number of sulfone groups is 1. The molecule has 5 nitrogen and oxygen atoms in total. The average molecular weight is 455 g/mol. The molecular weight excluding hydrogens is 427 g/mol. The van der Waals surface area contributed by atoms with Crippen molar-refractivity contribution in [3.8, 4) is 0 Å². The first-order valence-corrected chi connectivity index (χ1v) is 11.9. The molecule has 0 aliphatic rings. The second kappa shape index (κ2) is 10.5. The molecule has 0 aromatic heterocycles. The van der Waals surface area contributed by atoms with E-state index in [9.17, 15) is 17.6 Å². The van der Waals surface area contributed by atoms with Crippen LogP contribution in [0.15, 0.2) is 83.8 Å². The van der Waals surface area contributed by atoms with E-state index in [0.717, 1.165) is 5.56 Å². The standard InChI is InChI=1S/C25H27FN2O3S/c1-27(2)15-16-28(18-20-11-13-23(26)14-12-20)25(29)22-8-6-7-21(17-22)19-32(30,31)24-9-4-3-5-10-24/h3-14,17H,15-16,18-19H2,1-2H3. The Morgan fingerprint density at radius 2 is 1.53 bits per heavy atom. The highest BCUT2D eigenvalue weighted by molar-refractivity contribution is 7.90. The van der Waals surface area contributed by atoms with Gasteiger partial charge in [0.05, 0.1) is 10.6 Å². The summed E-state index contributed by atoms with van der Waals surface area (Å²) in [4.78, 5) is 17.2. The number of likely N-dealkylation sites (N-methyl/N-ethyl adjacent to an activating group) is 1. The molecule has 0 bridgehead atoms. The van der Waals surface area contributed by atoms with Gasteiger partial charge in [-0.2, -0.15) is 0 Å². The van der Waals surface area contributed by atoms with Crippen molar-refractivity contribution in [3.63, 3.8) is 0 Å². The Hall–Kier alpha value is -3.03. The average Bonchev–Trinajstić information content (AvgIpc) is 2.78. The maximum atomic E-state index is 13.3. The van der Waals surface area contributed by atoms with E-state index in [2.05, 4.69) is 0 Å². The number of halogens is 1. The number of hydrogen-bond acceptors (Lipinski definition) is 4. The second-order valence-electron chi connectivity index (χ2n) is 7.93. The molecule has 0 N–H and O–H groups in total. The van der Waals surface area contributed by atoms with Gasteiger partial charge in [-0.3, -0.25) is 4.79 Å². The van der Waals surface area contributed by atoms with Gasteiger partial charge in [-0.1, -0.05) is 42.5 Å². The molecule has 0 unspecified atom stereocenters. The molecule has 0 aliphatic heterocycles. The summed E-state index contributed by atoms with van der Waals surface area (Å²) in [5.74, 6) is -0.712. The van der Waals surface area contributed by atoms with Crippen molar-refractivity contribution in [2.24, 2.45) is 0 Å². The predicted molar refractivity (Wildman–Crippen MR) is 123 cm³/mol. The first-order valence-electron chi connectivity index (χ1n) is 10.3. The summed E-state index contributed by atoms with van der Waals surface area (Å²) in [6.07, 6.45) is 0. The van der Waals surface area contributed by atoms with Gasteiger partial charge in [-0.05, 0) is 61.6 Å². The number of hydrogen-bond donors (Lipinski definition) is 0. The van der Waals surface area contributed by atoms with Crippen LogP contribution < -0.4 is 0 Å². The summed E-state index contributed by atoms with van der Waals surface area (Å²) in [5, 5.41) is 0. The van der Waals surface area contributed by atoms with Gasteiger partial charge in [0.2, 0.25) is 0 Å². The van der Waals surface area contributed by atoms with E-state index in [0.29, 0.717) is 30.8 Å². The molecule has 3 aromatic rings. The third kappa shape index (κ3) is 6.48. The van der Waals surface area contributed by atoms with Crippen LogP contribution in [0.4, 0.5) is 4.39 Å². The van der Waals surface area contributed by atoms with Crippen molar-refractivity contribution in [2.75, 3.05) is 27.2 Å². The van der Waals surface area contributed by atoms with Crippen LogP contribution >= 0.6 is 0 Å². The summed E-state index contributed by atoms with van der Waals surface area (Å²) in [6, 6.07) is 21.1. The highest BCUT2D eigenvalue weighted by Gasteiger charge is 2.19. The number of carbonyl (C=O) groups is 1. The molecule has 3 rings (SSSR count). The predicted octanol–water partition coefficient (Wildman–Crippen LogP) is 4.00. The van der Waals surface area contributed by atoms with Gasteiger partial charge in [-0.15, -0.1) is 0 Å². The fourth-order valence-electron chi connectivity index (χ4n) is 3.29. The second-order valence-corrected chi connectivity index (χ2v) is 9.92. The third-order valence-electron chi connectivity index (χ3n) is 5.02. The van der Waals surface area contributed by atoms with E-state index < -0.39 is 9.84 Å². The summed E-state index contributed by atoms with van der Waals surface area (Å²) in [7, 11) is 0.335. The zero-order valence-corrected chi connectivity index (χ0v) is 19.1. The minimum atomic E-state index is -3.52. The van der Waals surface area contributed by atoms with Gasteiger partial charge in [0.25, 0.3) is 5.91 Å². The van der Waals surface area contributed by atoms with Gasteiger partial charge in [-0.25, -0.2) is 12.8 Å². The highest BCUT2D eigenvalue weighted by Crippen LogP contribution is 2.18. The Balaban J connectivity index is 1.82. The molecule has 3 aromatic carbocycles. The third-order valence-corrected chi connectivity index (χ3v) is 6.73. The van der Waals surface area contributed by atoms with E-state index in [1.54, 1.807) is 71.6 Å². The summed E-state index contributed by atoms with van der Waals surface area (Å²) < 4.78 is 38.7. The summed E-state index contributed by atoms with van der Waals surface area (Å²) in [6.45, 7) is 1.48. The van der Waals surface area contributed by atoms with Crippen molar-refractivity contribution in [1.82, 2.24) is 9.80 Å². The quantitative estimate of drug-likeness (QED) is 0.490. The molecule has 0 aliphatic carbocycles. The van der Waals surface area contributed by atoms with Crippen LogP contribution in [0.5, 0.6) is 0 Å². The van der Waals surface area contributed by atoms with Gasteiger partial charge in [0.15, 0.2) is 9.84 Å². The Morgan fingerprint density at radius 3 is 2.19 bits per heavy atom. The molecule has 0 atom stereocenters. The molecule has 7 heteroatoms. The topological polar surface area (TPSA) is 57.7 Å². The monoisotopic (exact) mass is 454 g/mol. The SMILES string of the molecule is CN(C)CCN(Cc1ccc(F)cc1)C(=O)c1cccc(CS(=O)(=O)c2ccccc2)c1. The fraction of sp³-hybridized carbons (Fsp3) is 0.240. The molecule has 168 valence electrons. The van der Waals surface area contributed by atoms with Crippen LogP contribution in [-0.2, 0) is 22.1 Å². The van der Waals surface area contributed by atoms with Crippen LogP contribution in [0.25, 0.3) is 0 Å². The van der Waals surface area contributed by atoms with Gasteiger partial charge >= 0.3 is 0 Å². The molecule has 0 fully saturated rings. The molecule has 1 amide bonds. The number of benzene rings is 3. The summed E-state index contributed by atoms with van der Waals surface area (Å²) >= 11 is 0. The molecule has 0 saturated carbocycles. The van der Waals surface area contributed by atoms with Gasteiger partial charge < -0.3 is 9.80 Å². The van der Waals surface area contributed by atoms with Gasteiger partial charge in [0, 0.05) is 25.2 Å². The van der Waals surface area contributed by atoms with Crippen LogP contribution in [0, 0.1) is 5.82 Å². The lowest BCUT2D eigenvalue weighted by Gasteiger charge is -2.25. The lowest BCUT2D eigenvalue weighted by atomic mass is 10.1. The normalized spacial score (nSPS) is 11.5. The van der Waals surface area contributed by atoms with E-state index in [-0.39, 0.29) is 22.4 Å². The van der Waals surface area contributed by atoms with Gasteiger partial charge in [0.1, 0.15) is 5.82 Å². The van der Waals surface area contributed by atoms with E-state index in [1.165, 1.54) is 12.1 Å². The molecule has 0 spiro atoms. The fourth-order valence-corrected chi connectivity index (χ4v) is 4.65. The maximum Gasteiger partial charge on any atom is 0.254 e. The lowest BCUT2D eigenvalue weighted by Crippen LogP contribution is -2.36. The molecule has 0 heterocycles. The van der Waals surface area contributed by atoms with Crippen LogP contribution in [0.3, 0.4) is 0 Å². The van der Waals surface area contributed by atoms with E-state index in [4.69, 9.17) is 0 Å². The Morgan fingerprint density at radius 1 is 0.844 bits per heavy atom. The summed E-state index contributed by atoms with van der Waals surface area (Å²) in [5.41, 5.74) is 1.79. The Labute approximate surface area is 189 Å². The van der Waals surface area contributed by atoms with E-state index in [1.807, 2.05) is 19.0 Å². The first kappa shape index (κ1) is 23.6. The largest absolute Gasteiger partial charge is 0.333 e. The van der Waals surface area contributed by atoms with Crippen molar-refractivity contribution in [1.29, 1.82) is 0 Å². The van der Waals surface area contributed by atoms with Crippen molar-refractivity contribution in [2.45, 2.75) is 17.2 Å². The molecule has 0 radical (unpaired) electrons. The number of carbonyl (C=O) groups excluding carboxylic acids is 1.